The van der Waals surface area contributed by atoms with Crippen LogP contribution in [0.25, 0.3) is 11.3 Å². The first-order chi connectivity index (χ1) is 18.0. The second kappa shape index (κ2) is 10.7. The average molecular weight is 536 g/mol. The normalized spacial score (nSPS) is 12.3. The summed E-state index contributed by atoms with van der Waals surface area (Å²) in [7, 11) is -2.67. The zero-order valence-corrected chi connectivity index (χ0v) is 22.5. The van der Waals surface area contributed by atoms with E-state index in [0.717, 1.165) is 22.3 Å². The van der Waals surface area contributed by atoms with E-state index in [9.17, 15) is 13.5 Å². The molecular weight excluding hydrogens is 506 g/mol. The number of nitrogens with two attached hydrogens (primary N) is 1. The minimum absolute atomic E-state index is 0.0294. The maximum Gasteiger partial charge on any atom is 0.260 e. The Morgan fingerprint density at radius 1 is 0.947 bits per heavy atom. The molecule has 0 saturated carbocycles. The molecule has 0 radical (unpaired) electrons. The van der Waals surface area contributed by atoms with Crippen LogP contribution in [0, 0.1) is 27.7 Å². The molecule has 0 fully saturated rings. The lowest BCUT2D eigenvalue weighted by molar-refractivity contribution is 0.162. The van der Waals surface area contributed by atoms with Crippen LogP contribution in [0.5, 0.6) is 17.5 Å². The van der Waals surface area contributed by atoms with Crippen LogP contribution in [0.3, 0.4) is 0 Å². The van der Waals surface area contributed by atoms with E-state index in [1.165, 1.54) is 18.2 Å². The van der Waals surface area contributed by atoms with Gasteiger partial charge in [-0.3, -0.25) is 0 Å². The van der Waals surface area contributed by atoms with E-state index >= 15 is 0 Å². The zero-order valence-electron chi connectivity index (χ0n) is 21.7. The molecule has 0 aliphatic heterocycles. The van der Waals surface area contributed by atoms with Gasteiger partial charge in [-0.1, -0.05) is 23.8 Å². The van der Waals surface area contributed by atoms with Crippen molar-refractivity contribution >= 4 is 15.8 Å². The summed E-state index contributed by atoms with van der Waals surface area (Å²) < 4.78 is 39.5. The molecule has 0 bridgehead atoms. The molecule has 0 spiro atoms. The Kier molecular flexibility index (Phi) is 7.63. The second-order valence-electron chi connectivity index (χ2n) is 8.90. The Labute approximate surface area is 221 Å². The lowest BCUT2D eigenvalue weighted by Crippen LogP contribution is -2.29. The van der Waals surface area contributed by atoms with E-state index in [1.807, 2.05) is 45.9 Å². The first kappa shape index (κ1) is 27.0. The van der Waals surface area contributed by atoms with E-state index in [1.54, 1.807) is 25.4 Å². The summed E-state index contributed by atoms with van der Waals surface area (Å²) in [5, 5.41) is 10.7. The summed E-state index contributed by atoms with van der Waals surface area (Å²) in [5.74, 6) is 1.11. The fourth-order valence-electron chi connectivity index (χ4n) is 4.09. The summed E-state index contributed by atoms with van der Waals surface area (Å²) >= 11 is 0. The molecular formula is C27H29N5O5S. The standard InChI is InChI=1S/C27H29N5O5S/c1-15-11-16(2)24(17(3)12-15)37-27-20(25(33)32-38(34,35)23-8-6-7-22(28)31-23)9-10-21(30-27)19-13-18(4)26(36-5)29-14-19/h6-14,25,32-33H,1-5H3,(H2,28,31). The number of methoxy groups -OCH3 is 1. The lowest BCUT2D eigenvalue weighted by Gasteiger charge is -2.19. The van der Waals surface area contributed by atoms with Gasteiger partial charge in [-0.05, 0) is 69.2 Å². The smallest absolute Gasteiger partial charge is 0.260 e. The molecule has 0 saturated heterocycles. The quantitative estimate of drug-likeness (QED) is 0.283. The highest BCUT2D eigenvalue weighted by Gasteiger charge is 2.25. The number of benzene rings is 1. The topological polar surface area (TPSA) is 150 Å². The molecule has 0 amide bonds. The number of aliphatic hydroxyl groups excluding tert-OH is 1. The molecule has 0 aliphatic carbocycles. The zero-order chi connectivity index (χ0) is 27.6. The lowest BCUT2D eigenvalue weighted by atomic mass is 10.1. The molecule has 1 atom stereocenters. The fourth-order valence-corrected chi connectivity index (χ4v) is 5.12. The molecule has 1 aromatic carbocycles. The van der Waals surface area contributed by atoms with Crippen LogP contribution in [0.4, 0.5) is 5.82 Å². The van der Waals surface area contributed by atoms with Gasteiger partial charge in [-0.2, -0.15) is 4.72 Å². The van der Waals surface area contributed by atoms with Crippen LogP contribution in [-0.4, -0.2) is 35.6 Å². The van der Waals surface area contributed by atoms with Gasteiger partial charge in [0.1, 0.15) is 17.8 Å². The molecule has 3 heterocycles. The van der Waals surface area contributed by atoms with Gasteiger partial charge in [0.2, 0.25) is 11.8 Å². The van der Waals surface area contributed by atoms with Crippen molar-refractivity contribution in [3.63, 3.8) is 0 Å². The molecule has 4 aromatic rings. The van der Waals surface area contributed by atoms with Crippen molar-refractivity contribution in [2.45, 2.75) is 38.9 Å². The highest BCUT2D eigenvalue weighted by atomic mass is 32.2. The molecule has 4 rings (SSSR count). The number of pyridine rings is 3. The Morgan fingerprint density at radius 3 is 2.29 bits per heavy atom. The van der Waals surface area contributed by atoms with Crippen LogP contribution in [0.2, 0.25) is 0 Å². The van der Waals surface area contributed by atoms with Gasteiger partial charge in [-0.25, -0.2) is 23.4 Å². The van der Waals surface area contributed by atoms with Crippen LogP contribution in [0.15, 0.2) is 59.8 Å². The van der Waals surface area contributed by atoms with Crippen LogP contribution < -0.4 is 19.9 Å². The Balaban J connectivity index is 1.78. The third-order valence-electron chi connectivity index (χ3n) is 5.79. The Morgan fingerprint density at radius 2 is 1.66 bits per heavy atom. The second-order valence-corrected chi connectivity index (χ2v) is 10.6. The van der Waals surface area contributed by atoms with E-state index < -0.39 is 16.3 Å². The first-order valence-corrected chi connectivity index (χ1v) is 13.2. The fraction of sp³-hybridized carbons (Fsp3) is 0.222. The number of nitrogens with one attached hydrogen (secondary N) is 1. The Bertz CT molecular complexity index is 1580. The number of rotatable bonds is 8. The summed E-state index contributed by atoms with van der Waals surface area (Å²) in [6.07, 6.45) is -0.0773. The minimum atomic E-state index is -4.22. The summed E-state index contributed by atoms with van der Waals surface area (Å²) in [4.78, 5) is 12.8. The van der Waals surface area contributed by atoms with Crippen molar-refractivity contribution in [3.8, 4) is 28.8 Å². The number of aromatic nitrogens is 3. The van der Waals surface area contributed by atoms with Gasteiger partial charge < -0.3 is 20.3 Å². The monoisotopic (exact) mass is 535 g/mol. The molecule has 11 heteroatoms. The number of aliphatic hydroxyl groups is 1. The van der Waals surface area contributed by atoms with Gasteiger partial charge in [0.15, 0.2) is 5.03 Å². The van der Waals surface area contributed by atoms with Crippen molar-refractivity contribution in [2.75, 3.05) is 12.8 Å². The molecule has 10 nitrogen and oxygen atoms in total. The molecule has 38 heavy (non-hydrogen) atoms. The van der Waals surface area contributed by atoms with E-state index in [4.69, 9.17) is 15.2 Å². The molecule has 0 aliphatic rings. The SMILES string of the molecule is COc1ncc(-c2ccc(C(O)NS(=O)(=O)c3cccc(N)n3)c(Oc3c(C)cc(C)cc3C)n2)cc1C. The third-order valence-corrected chi connectivity index (χ3v) is 7.11. The van der Waals surface area contributed by atoms with Crippen molar-refractivity contribution in [1.82, 2.24) is 19.7 Å². The van der Waals surface area contributed by atoms with Crippen LogP contribution in [0.1, 0.15) is 34.0 Å². The number of aryl methyl sites for hydroxylation is 4. The maximum atomic E-state index is 12.9. The third kappa shape index (κ3) is 5.75. The van der Waals surface area contributed by atoms with Crippen molar-refractivity contribution in [3.05, 3.63) is 82.5 Å². The number of nitrogen functional groups attached to an aromatic ring is 1. The van der Waals surface area contributed by atoms with Crippen LogP contribution >= 0.6 is 0 Å². The average Bonchev–Trinajstić information content (AvgIpc) is 2.85. The molecule has 4 N–H and O–H groups in total. The number of anilines is 1. The van der Waals surface area contributed by atoms with E-state index in [2.05, 4.69) is 19.7 Å². The highest BCUT2D eigenvalue weighted by Crippen LogP contribution is 2.35. The minimum Gasteiger partial charge on any atom is -0.481 e. The molecule has 1 unspecified atom stereocenters. The van der Waals surface area contributed by atoms with E-state index in [-0.39, 0.29) is 22.3 Å². The van der Waals surface area contributed by atoms with E-state index in [0.29, 0.717) is 22.9 Å². The molecule has 198 valence electrons. The van der Waals surface area contributed by atoms with Gasteiger partial charge in [0.25, 0.3) is 10.0 Å². The number of nitrogens with zero attached hydrogens (tertiary/aromatic N) is 3. The van der Waals surface area contributed by atoms with Crippen LogP contribution in [-0.2, 0) is 10.0 Å². The largest absolute Gasteiger partial charge is 0.481 e. The van der Waals surface area contributed by atoms with Crippen molar-refractivity contribution < 1.29 is 23.0 Å². The predicted molar refractivity (Wildman–Crippen MR) is 143 cm³/mol. The first-order valence-electron chi connectivity index (χ1n) is 11.7. The number of hydrogen-bond acceptors (Lipinski definition) is 9. The van der Waals surface area contributed by atoms with Crippen molar-refractivity contribution in [2.24, 2.45) is 0 Å². The summed E-state index contributed by atoms with van der Waals surface area (Å²) in [6.45, 7) is 7.65. The van der Waals surface area contributed by atoms with Gasteiger partial charge in [-0.15, -0.1) is 0 Å². The molecule has 3 aromatic heterocycles. The predicted octanol–water partition coefficient (Wildman–Crippen LogP) is 4.12. The number of hydrogen-bond donors (Lipinski definition) is 3. The Hall–Kier alpha value is -4.06. The maximum absolute atomic E-state index is 12.9. The van der Waals surface area contributed by atoms with Gasteiger partial charge in [0, 0.05) is 17.3 Å². The van der Waals surface area contributed by atoms with Gasteiger partial charge >= 0.3 is 0 Å². The van der Waals surface area contributed by atoms with Gasteiger partial charge in [0.05, 0.1) is 18.4 Å². The highest BCUT2D eigenvalue weighted by molar-refractivity contribution is 7.89. The van der Waals surface area contributed by atoms with Crippen molar-refractivity contribution in [1.29, 1.82) is 0 Å². The number of ether oxygens (including phenoxy) is 2. The summed E-state index contributed by atoms with van der Waals surface area (Å²) in [6, 6.07) is 13.2. The summed E-state index contributed by atoms with van der Waals surface area (Å²) in [5.41, 5.74) is 10.6. The number of sulfonamides is 1.